The second kappa shape index (κ2) is 5.83. The Morgan fingerprint density at radius 2 is 2.53 bits per heavy atom. The van der Waals surface area contributed by atoms with Crippen LogP contribution >= 0.6 is 11.6 Å². The van der Waals surface area contributed by atoms with Gasteiger partial charge in [-0.25, -0.2) is 15.3 Å². The molecule has 0 aromatic carbocycles. The molecule has 1 rings (SSSR count). The van der Waals surface area contributed by atoms with Crippen molar-refractivity contribution in [1.82, 2.24) is 10.3 Å². The molecular weight excluding hydrogens is 216 g/mol. The Hall–Kier alpha value is -1.80. The number of hydrogen-bond acceptors (Lipinski definition) is 4. The van der Waals surface area contributed by atoms with E-state index < -0.39 is 0 Å². The van der Waals surface area contributed by atoms with Gasteiger partial charge in [0.2, 0.25) is 0 Å². The molecule has 1 N–H and O–H groups in total. The molecule has 0 bridgehead atoms. The van der Waals surface area contributed by atoms with Crippen molar-refractivity contribution in [3.63, 3.8) is 0 Å². The number of nitriles is 1. The summed E-state index contributed by atoms with van der Waals surface area (Å²) < 4.78 is 4.81. The molecule has 0 amide bonds. The predicted octanol–water partition coefficient (Wildman–Crippen LogP) is 1.31. The summed E-state index contributed by atoms with van der Waals surface area (Å²) in [6.45, 7) is 0.377. The number of amidine groups is 1. The lowest BCUT2D eigenvalue weighted by Gasteiger charge is -2.01. The first kappa shape index (κ1) is 11.3. The number of hydrogen-bond donors (Lipinski definition) is 1. The topological polar surface area (TPSA) is 70.3 Å². The predicted molar refractivity (Wildman–Crippen MR) is 56.1 cm³/mol. The zero-order valence-electron chi connectivity index (χ0n) is 8.07. The molecule has 0 saturated carbocycles. The van der Waals surface area contributed by atoms with Crippen molar-refractivity contribution in [3.8, 4) is 6.19 Å². The van der Waals surface area contributed by atoms with Gasteiger partial charge in [-0.1, -0.05) is 17.7 Å². The van der Waals surface area contributed by atoms with Gasteiger partial charge in [-0.05, 0) is 11.6 Å². The quantitative estimate of drug-likeness (QED) is 0.270. The van der Waals surface area contributed by atoms with Gasteiger partial charge in [-0.2, -0.15) is 5.26 Å². The molecule has 1 aromatic heterocycles. The van der Waals surface area contributed by atoms with Crippen LogP contribution in [-0.2, 0) is 11.3 Å². The van der Waals surface area contributed by atoms with Gasteiger partial charge in [0.25, 0.3) is 6.02 Å². The van der Waals surface area contributed by atoms with Gasteiger partial charge in [0.15, 0.2) is 6.19 Å². The average molecular weight is 225 g/mol. The molecule has 1 heterocycles. The van der Waals surface area contributed by atoms with E-state index >= 15 is 0 Å². The van der Waals surface area contributed by atoms with Crippen molar-refractivity contribution in [1.29, 1.82) is 5.26 Å². The minimum absolute atomic E-state index is 0.174. The molecule has 0 aliphatic carbocycles. The number of nitrogens with one attached hydrogen (secondary N) is 1. The van der Waals surface area contributed by atoms with Crippen LogP contribution in [0, 0.1) is 11.5 Å². The van der Waals surface area contributed by atoms with Crippen LogP contribution in [0.15, 0.2) is 23.3 Å². The van der Waals surface area contributed by atoms with Crippen molar-refractivity contribution < 1.29 is 4.74 Å². The Morgan fingerprint density at radius 1 is 1.73 bits per heavy atom. The van der Waals surface area contributed by atoms with E-state index in [-0.39, 0.29) is 6.02 Å². The first-order valence-corrected chi connectivity index (χ1v) is 4.48. The van der Waals surface area contributed by atoms with Crippen molar-refractivity contribution >= 4 is 17.6 Å². The Balaban J connectivity index is 2.62. The number of nitrogens with zero attached hydrogens (tertiary/aromatic N) is 3. The van der Waals surface area contributed by atoms with E-state index in [1.165, 1.54) is 7.11 Å². The summed E-state index contributed by atoms with van der Waals surface area (Å²) in [5, 5.41) is 11.1. The second-order valence-corrected chi connectivity index (χ2v) is 2.94. The van der Waals surface area contributed by atoms with Crippen LogP contribution < -0.4 is 5.32 Å². The molecule has 78 valence electrons. The smallest absolute Gasteiger partial charge is 0.298 e. The lowest BCUT2D eigenvalue weighted by molar-refractivity contribution is 0.386. The number of halogens is 1. The van der Waals surface area contributed by atoms with Gasteiger partial charge in [0.05, 0.1) is 13.7 Å². The van der Waals surface area contributed by atoms with Crippen molar-refractivity contribution in [2.24, 2.45) is 4.99 Å². The molecule has 0 atom stereocenters. The van der Waals surface area contributed by atoms with Gasteiger partial charge in [0.1, 0.15) is 5.15 Å². The first-order valence-electron chi connectivity index (χ1n) is 4.10. The number of aliphatic imine (C=N–C) groups is 1. The molecule has 5 nitrogen and oxygen atoms in total. The van der Waals surface area contributed by atoms with Gasteiger partial charge in [-0.3, -0.25) is 0 Å². The fourth-order valence-corrected chi connectivity index (χ4v) is 0.978. The molecule has 0 aliphatic heterocycles. The largest absolute Gasteiger partial charge is 0.468 e. The Kier molecular flexibility index (Phi) is 4.38. The van der Waals surface area contributed by atoms with Gasteiger partial charge < -0.3 is 4.74 Å². The maximum Gasteiger partial charge on any atom is 0.298 e. The van der Waals surface area contributed by atoms with Crippen LogP contribution in [0.3, 0.4) is 0 Å². The molecular formula is C9H9ClN4O. The van der Waals surface area contributed by atoms with E-state index in [1.54, 1.807) is 24.5 Å². The van der Waals surface area contributed by atoms with Crippen molar-refractivity contribution in [3.05, 3.63) is 29.0 Å². The maximum atomic E-state index is 8.35. The zero-order chi connectivity index (χ0) is 11.1. The summed E-state index contributed by atoms with van der Waals surface area (Å²) in [4.78, 5) is 7.91. The van der Waals surface area contributed by atoms with E-state index in [0.717, 1.165) is 5.56 Å². The molecule has 6 heteroatoms. The summed E-state index contributed by atoms with van der Waals surface area (Å²) in [5.41, 5.74) is 0.883. The molecule has 0 saturated heterocycles. The number of methoxy groups -OCH3 is 1. The minimum Gasteiger partial charge on any atom is -0.468 e. The van der Waals surface area contributed by atoms with E-state index in [4.69, 9.17) is 21.6 Å². The average Bonchev–Trinajstić information content (AvgIpc) is 2.26. The normalized spacial score (nSPS) is 10.6. The van der Waals surface area contributed by atoms with E-state index in [0.29, 0.717) is 11.7 Å². The summed E-state index contributed by atoms with van der Waals surface area (Å²) in [7, 11) is 1.43. The van der Waals surface area contributed by atoms with Gasteiger partial charge in [-0.15, -0.1) is 0 Å². The van der Waals surface area contributed by atoms with Crippen LogP contribution in [0.5, 0.6) is 0 Å². The molecule has 1 aromatic rings. The SMILES string of the molecule is COC(=NCc1ccc(Cl)nc1)NC#N. The lowest BCUT2D eigenvalue weighted by Crippen LogP contribution is -2.19. The number of rotatable bonds is 2. The molecule has 0 spiro atoms. The third-order valence-corrected chi connectivity index (χ3v) is 1.77. The molecule has 0 radical (unpaired) electrons. The molecule has 0 fully saturated rings. The van der Waals surface area contributed by atoms with Gasteiger partial charge in [0, 0.05) is 6.20 Å². The Bertz CT molecular complexity index is 382. The van der Waals surface area contributed by atoms with Crippen molar-refractivity contribution in [2.45, 2.75) is 6.54 Å². The number of pyridine rings is 1. The highest BCUT2D eigenvalue weighted by Crippen LogP contribution is 2.05. The molecule has 15 heavy (non-hydrogen) atoms. The summed E-state index contributed by atoms with van der Waals surface area (Å²) in [5.74, 6) is 0. The highest BCUT2D eigenvalue weighted by atomic mass is 35.5. The second-order valence-electron chi connectivity index (χ2n) is 2.55. The summed E-state index contributed by atoms with van der Waals surface area (Å²) in [6.07, 6.45) is 3.34. The summed E-state index contributed by atoms with van der Waals surface area (Å²) in [6, 6.07) is 3.65. The maximum absolute atomic E-state index is 8.35. The Morgan fingerprint density at radius 3 is 3.07 bits per heavy atom. The highest BCUT2D eigenvalue weighted by Gasteiger charge is 1.96. The van der Waals surface area contributed by atoms with Crippen LogP contribution in [0.4, 0.5) is 0 Å². The van der Waals surface area contributed by atoms with Crippen LogP contribution in [0.1, 0.15) is 5.56 Å². The van der Waals surface area contributed by atoms with Crippen LogP contribution in [0.2, 0.25) is 5.15 Å². The summed E-state index contributed by atoms with van der Waals surface area (Å²) >= 11 is 5.62. The van der Waals surface area contributed by atoms with E-state index in [1.807, 2.05) is 0 Å². The number of aromatic nitrogens is 1. The third kappa shape index (κ3) is 3.83. The third-order valence-electron chi connectivity index (χ3n) is 1.55. The van der Waals surface area contributed by atoms with Crippen LogP contribution in [-0.4, -0.2) is 18.1 Å². The standard InChI is InChI=1S/C9H9ClN4O/c1-15-9(14-6-11)13-5-7-2-3-8(10)12-4-7/h2-4H,5H2,1H3,(H,13,14). The minimum atomic E-state index is 0.174. The van der Waals surface area contributed by atoms with Crippen LogP contribution in [0.25, 0.3) is 0 Å². The molecule has 0 aliphatic rings. The lowest BCUT2D eigenvalue weighted by atomic mass is 10.3. The fourth-order valence-electron chi connectivity index (χ4n) is 0.866. The zero-order valence-corrected chi connectivity index (χ0v) is 8.82. The monoisotopic (exact) mass is 224 g/mol. The first-order chi connectivity index (χ1) is 7.26. The highest BCUT2D eigenvalue weighted by molar-refractivity contribution is 6.29. The Labute approximate surface area is 92.4 Å². The van der Waals surface area contributed by atoms with Crippen molar-refractivity contribution in [2.75, 3.05) is 7.11 Å². The molecule has 0 unspecified atom stereocenters. The fraction of sp³-hybridized carbons (Fsp3) is 0.222. The van der Waals surface area contributed by atoms with E-state index in [9.17, 15) is 0 Å². The van der Waals surface area contributed by atoms with E-state index in [2.05, 4.69) is 15.3 Å². The number of ether oxygens (including phenoxy) is 1. The van der Waals surface area contributed by atoms with Gasteiger partial charge >= 0.3 is 0 Å².